The van der Waals surface area contributed by atoms with Gasteiger partial charge < -0.3 is 14.5 Å². The van der Waals surface area contributed by atoms with E-state index >= 15 is 0 Å². The highest BCUT2D eigenvalue weighted by Gasteiger charge is 2.29. The van der Waals surface area contributed by atoms with E-state index in [0.29, 0.717) is 12.2 Å². The molecule has 2 unspecified atom stereocenters. The Balaban J connectivity index is 1.68. The molecule has 1 aromatic rings. The van der Waals surface area contributed by atoms with Crippen LogP contribution >= 0.6 is 0 Å². The molecule has 1 aromatic heterocycles. The monoisotopic (exact) mass is 292 g/mol. The maximum atomic E-state index is 12.6. The van der Waals surface area contributed by atoms with Crippen LogP contribution in [0.1, 0.15) is 60.3 Å². The number of carbonyl (C=O) groups is 1. The number of hydrogen-bond acceptors (Lipinski definition) is 4. The van der Waals surface area contributed by atoms with E-state index in [1.54, 1.807) is 11.9 Å². The van der Waals surface area contributed by atoms with Crippen LogP contribution in [0.25, 0.3) is 0 Å². The van der Waals surface area contributed by atoms with E-state index in [-0.39, 0.29) is 17.9 Å². The maximum Gasteiger partial charge on any atom is 0.276 e. The Morgan fingerprint density at radius 2 is 2.05 bits per heavy atom. The third kappa shape index (κ3) is 2.98. The number of fused-ring (bicyclic) bond motifs is 1. The second kappa shape index (κ2) is 6.18. The van der Waals surface area contributed by atoms with Crippen LogP contribution in [-0.2, 0) is 12.8 Å². The molecule has 1 saturated carbocycles. The third-order valence-corrected chi connectivity index (χ3v) is 4.88. The molecule has 1 N–H and O–H groups in total. The summed E-state index contributed by atoms with van der Waals surface area (Å²) in [5.41, 5.74) is 1.49. The summed E-state index contributed by atoms with van der Waals surface area (Å²) in [6, 6.07) is 0. The molecule has 0 bridgehead atoms. The number of aromatic nitrogens is 1. The summed E-state index contributed by atoms with van der Waals surface area (Å²) < 4.78 is 5.32. The van der Waals surface area contributed by atoms with E-state index in [9.17, 15) is 9.90 Å². The van der Waals surface area contributed by atoms with Gasteiger partial charge in [0.2, 0.25) is 0 Å². The summed E-state index contributed by atoms with van der Waals surface area (Å²) >= 11 is 0. The molecule has 0 aromatic carbocycles. The molecule has 2 aliphatic rings. The van der Waals surface area contributed by atoms with Crippen LogP contribution in [-0.4, -0.2) is 40.8 Å². The van der Waals surface area contributed by atoms with Gasteiger partial charge in [0.1, 0.15) is 5.76 Å². The Morgan fingerprint density at radius 3 is 2.86 bits per heavy atom. The molecule has 2 aliphatic carbocycles. The smallest absolute Gasteiger partial charge is 0.276 e. The lowest BCUT2D eigenvalue weighted by Gasteiger charge is -2.31. The maximum absolute atomic E-state index is 12.6. The van der Waals surface area contributed by atoms with E-state index in [1.165, 1.54) is 0 Å². The average molecular weight is 292 g/mol. The Kier molecular flexibility index (Phi) is 4.29. The highest BCUT2D eigenvalue weighted by molar-refractivity contribution is 5.93. The van der Waals surface area contributed by atoms with Crippen LogP contribution in [0.15, 0.2) is 4.52 Å². The number of rotatable bonds is 3. The van der Waals surface area contributed by atoms with Crippen LogP contribution in [0, 0.1) is 5.92 Å². The zero-order chi connectivity index (χ0) is 14.8. The van der Waals surface area contributed by atoms with Gasteiger partial charge in [0.15, 0.2) is 5.69 Å². The van der Waals surface area contributed by atoms with Gasteiger partial charge in [-0.05, 0) is 32.1 Å². The standard InChI is InChI=1S/C16H24N2O3/c1-18(10-11-6-2-4-8-13(11)19)16(20)15-12-7-3-5-9-14(12)21-17-15/h11,13,19H,2-10H2,1H3. The number of carbonyl (C=O) groups excluding carboxylic acids is 1. The van der Waals surface area contributed by atoms with E-state index in [2.05, 4.69) is 5.16 Å². The van der Waals surface area contributed by atoms with E-state index in [0.717, 1.165) is 62.7 Å². The Labute approximate surface area is 125 Å². The van der Waals surface area contributed by atoms with Crippen molar-refractivity contribution in [2.24, 2.45) is 5.92 Å². The fourth-order valence-electron chi connectivity index (χ4n) is 3.57. The first kappa shape index (κ1) is 14.6. The van der Waals surface area contributed by atoms with Gasteiger partial charge in [-0.15, -0.1) is 0 Å². The lowest BCUT2D eigenvalue weighted by atomic mass is 9.86. The summed E-state index contributed by atoms with van der Waals surface area (Å²) in [5.74, 6) is 1.01. The summed E-state index contributed by atoms with van der Waals surface area (Å²) in [7, 11) is 1.80. The van der Waals surface area contributed by atoms with E-state index in [4.69, 9.17) is 4.52 Å². The predicted molar refractivity (Wildman–Crippen MR) is 78.1 cm³/mol. The third-order valence-electron chi connectivity index (χ3n) is 4.88. The molecule has 0 spiro atoms. The Morgan fingerprint density at radius 1 is 1.29 bits per heavy atom. The summed E-state index contributed by atoms with van der Waals surface area (Å²) in [4.78, 5) is 14.3. The quantitative estimate of drug-likeness (QED) is 0.927. The van der Waals surface area contributed by atoms with Crippen LogP contribution in [0.4, 0.5) is 0 Å². The predicted octanol–water partition coefficient (Wildman–Crippen LogP) is 2.18. The average Bonchev–Trinajstić information content (AvgIpc) is 2.92. The molecule has 0 saturated heterocycles. The molecule has 1 fully saturated rings. The van der Waals surface area contributed by atoms with Crippen LogP contribution in [0.3, 0.4) is 0 Å². The van der Waals surface area contributed by atoms with Gasteiger partial charge in [0, 0.05) is 31.5 Å². The molecular formula is C16H24N2O3. The number of aryl methyl sites for hydroxylation is 1. The Bertz CT molecular complexity index is 512. The van der Waals surface area contributed by atoms with E-state index < -0.39 is 0 Å². The van der Waals surface area contributed by atoms with Gasteiger partial charge in [-0.1, -0.05) is 18.0 Å². The molecule has 0 aliphatic heterocycles. The van der Waals surface area contributed by atoms with Crippen molar-refractivity contribution >= 4 is 5.91 Å². The zero-order valence-electron chi connectivity index (χ0n) is 12.7. The van der Waals surface area contributed by atoms with Gasteiger partial charge in [0.05, 0.1) is 6.10 Å². The second-order valence-corrected chi connectivity index (χ2v) is 6.44. The topological polar surface area (TPSA) is 66.6 Å². The SMILES string of the molecule is CN(CC1CCCCC1O)C(=O)c1noc2c1CCCC2. The first-order chi connectivity index (χ1) is 10.2. The molecule has 3 rings (SSSR count). The van der Waals surface area contributed by atoms with Gasteiger partial charge >= 0.3 is 0 Å². The van der Waals surface area contributed by atoms with Crippen molar-refractivity contribution in [1.82, 2.24) is 10.1 Å². The molecule has 5 heteroatoms. The van der Waals surface area contributed by atoms with Crippen molar-refractivity contribution in [3.05, 3.63) is 17.0 Å². The summed E-state index contributed by atoms with van der Waals surface area (Å²) in [6.45, 7) is 0.599. The second-order valence-electron chi connectivity index (χ2n) is 6.44. The molecule has 0 radical (unpaired) electrons. The van der Waals surface area contributed by atoms with Crippen LogP contribution in [0.5, 0.6) is 0 Å². The minimum absolute atomic E-state index is 0.0697. The molecule has 5 nitrogen and oxygen atoms in total. The normalized spacial score (nSPS) is 25.4. The van der Waals surface area contributed by atoms with Crippen LogP contribution in [0.2, 0.25) is 0 Å². The highest BCUT2D eigenvalue weighted by Crippen LogP contribution is 2.27. The van der Waals surface area contributed by atoms with Gasteiger partial charge in [-0.2, -0.15) is 0 Å². The van der Waals surface area contributed by atoms with Crippen molar-refractivity contribution < 1.29 is 14.4 Å². The zero-order valence-corrected chi connectivity index (χ0v) is 12.7. The van der Waals surface area contributed by atoms with E-state index in [1.807, 2.05) is 0 Å². The van der Waals surface area contributed by atoms with Gasteiger partial charge in [-0.25, -0.2) is 0 Å². The number of aliphatic hydroxyl groups is 1. The molecule has 2 atom stereocenters. The molecule has 1 amide bonds. The van der Waals surface area contributed by atoms with Gasteiger partial charge in [-0.3, -0.25) is 4.79 Å². The summed E-state index contributed by atoms with van der Waals surface area (Å²) in [5, 5.41) is 14.1. The van der Waals surface area contributed by atoms with Crippen LogP contribution < -0.4 is 0 Å². The molecule has 1 heterocycles. The minimum Gasteiger partial charge on any atom is -0.393 e. The minimum atomic E-state index is -0.278. The molecule has 21 heavy (non-hydrogen) atoms. The fourth-order valence-corrected chi connectivity index (χ4v) is 3.57. The number of aliphatic hydroxyl groups excluding tert-OH is 1. The number of amides is 1. The first-order valence-electron chi connectivity index (χ1n) is 8.07. The largest absolute Gasteiger partial charge is 0.393 e. The summed E-state index contributed by atoms with van der Waals surface area (Å²) in [6.07, 6.45) is 7.79. The van der Waals surface area contributed by atoms with Gasteiger partial charge in [0.25, 0.3) is 5.91 Å². The van der Waals surface area contributed by atoms with Crippen molar-refractivity contribution in [1.29, 1.82) is 0 Å². The Hall–Kier alpha value is -1.36. The van der Waals surface area contributed by atoms with Crippen molar-refractivity contribution in [3.8, 4) is 0 Å². The highest BCUT2D eigenvalue weighted by atomic mass is 16.5. The van der Waals surface area contributed by atoms with Crippen molar-refractivity contribution in [3.63, 3.8) is 0 Å². The van der Waals surface area contributed by atoms with Crippen molar-refractivity contribution in [2.45, 2.75) is 57.5 Å². The van der Waals surface area contributed by atoms with Crippen molar-refractivity contribution in [2.75, 3.05) is 13.6 Å². The number of nitrogens with zero attached hydrogens (tertiary/aromatic N) is 2. The first-order valence-corrected chi connectivity index (χ1v) is 8.07. The molecule has 116 valence electrons. The number of hydrogen-bond donors (Lipinski definition) is 1. The molecular weight excluding hydrogens is 268 g/mol. The fraction of sp³-hybridized carbons (Fsp3) is 0.750. The lowest BCUT2D eigenvalue weighted by Crippen LogP contribution is -2.38. The lowest BCUT2D eigenvalue weighted by molar-refractivity contribution is 0.0446.